The zero-order chi connectivity index (χ0) is 19.2. The average molecular weight is 377 g/mol. The lowest BCUT2D eigenvalue weighted by Gasteiger charge is -2.12. The zero-order valence-corrected chi connectivity index (χ0v) is 15.8. The summed E-state index contributed by atoms with van der Waals surface area (Å²) in [6.45, 7) is 2.37. The molecular formula is C18H23N3O4S. The third-order valence-corrected chi connectivity index (χ3v) is 5.19. The lowest BCUT2D eigenvalue weighted by atomic mass is 10.2. The number of nitrogens with one attached hydrogen (secondary N) is 3. The van der Waals surface area contributed by atoms with Crippen LogP contribution in [0.25, 0.3) is 0 Å². The maximum atomic E-state index is 12.6. The Hall–Kier alpha value is -2.58. The predicted octanol–water partition coefficient (Wildman–Crippen LogP) is 1.83. The van der Waals surface area contributed by atoms with Gasteiger partial charge in [0.1, 0.15) is 5.75 Å². The van der Waals surface area contributed by atoms with E-state index in [-0.39, 0.29) is 22.4 Å². The first kappa shape index (κ1) is 19.7. The van der Waals surface area contributed by atoms with Crippen molar-refractivity contribution < 1.29 is 17.9 Å². The molecule has 0 saturated carbocycles. The summed E-state index contributed by atoms with van der Waals surface area (Å²) in [6.07, 6.45) is 0. The molecule has 1 unspecified atom stereocenters. The first-order chi connectivity index (χ1) is 12.4. The van der Waals surface area contributed by atoms with E-state index in [4.69, 9.17) is 4.74 Å². The first-order valence-electron chi connectivity index (χ1n) is 8.08. The highest BCUT2D eigenvalue weighted by Crippen LogP contribution is 2.20. The highest BCUT2D eigenvalue weighted by Gasteiger charge is 2.17. The smallest absolute Gasteiger partial charge is 0.261 e. The Morgan fingerprint density at radius 1 is 1.15 bits per heavy atom. The molecule has 0 aliphatic rings. The van der Waals surface area contributed by atoms with Gasteiger partial charge in [-0.15, -0.1) is 0 Å². The molecule has 0 saturated heterocycles. The number of sulfonamides is 1. The molecule has 0 radical (unpaired) electrons. The molecular weight excluding hydrogens is 354 g/mol. The average Bonchev–Trinajstić information content (AvgIpc) is 2.66. The summed E-state index contributed by atoms with van der Waals surface area (Å²) < 4.78 is 32.7. The number of amides is 1. The molecule has 2 aromatic rings. The van der Waals surface area contributed by atoms with E-state index in [1.54, 1.807) is 43.4 Å². The maximum Gasteiger partial charge on any atom is 0.261 e. The largest absolute Gasteiger partial charge is 0.497 e. The number of ether oxygens (including phenoxy) is 1. The number of benzene rings is 2. The highest BCUT2D eigenvalue weighted by molar-refractivity contribution is 7.92. The number of methoxy groups -OCH3 is 1. The van der Waals surface area contributed by atoms with E-state index in [1.165, 1.54) is 19.2 Å². The van der Waals surface area contributed by atoms with E-state index in [1.807, 2.05) is 6.92 Å². The Morgan fingerprint density at radius 2 is 1.85 bits per heavy atom. The molecule has 3 N–H and O–H groups in total. The molecule has 2 aromatic carbocycles. The Morgan fingerprint density at radius 3 is 2.46 bits per heavy atom. The van der Waals surface area contributed by atoms with Gasteiger partial charge in [0.2, 0.25) is 0 Å². The van der Waals surface area contributed by atoms with E-state index in [0.717, 1.165) is 0 Å². The quantitative estimate of drug-likeness (QED) is 0.652. The zero-order valence-electron chi connectivity index (χ0n) is 14.9. The molecule has 0 aliphatic heterocycles. The van der Waals surface area contributed by atoms with Crippen LogP contribution in [0.15, 0.2) is 53.4 Å². The Balaban J connectivity index is 2.15. The Bertz CT molecular complexity index is 851. The summed E-state index contributed by atoms with van der Waals surface area (Å²) in [4.78, 5) is 12.2. The van der Waals surface area contributed by atoms with Crippen LogP contribution in [0.1, 0.15) is 17.3 Å². The van der Waals surface area contributed by atoms with Gasteiger partial charge in [-0.05, 0) is 56.4 Å². The number of likely N-dealkylation sites (N-methyl/N-ethyl adjacent to an activating group) is 1. The van der Waals surface area contributed by atoms with Crippen molar-refractivity contribution >= 4 is 21.6 Å². The van der Waals surface area contributed by atoms with Crippen LogP contribution in [0.3, 0.4) is 0 Å². The number of hydrogen-bond acceptors (Lipinski definition) is 5. The van der Waals surface area contributed by atoms with Crippen LogP contribution in [-0.2, 0) is 10.0 Å². The summed E-state index contributed by atoms with van der Waals surface area (Å²) in [5.74, 6) is 0.302. The van der Waals surface area contributed by atoms with Gasteiger partial charge in [-0.3, -0.25) is 9.52 Å². The fraction of sp³-hybridized carbons (Fsp3) is 0.278. The summed E-state index contributed by atoms with van der Waals surface area (Å²) in [5, 5.41) is 5.77. The Kier molecular flexibility index (Phi) is 6.59. The third kappa shape index (κ3) is 5.21. The lowest BCUT2D eigenvalue weighted by Crippen LogP contribution is -2.37. The highest BCUT2D eigenvalue weighted by atomic mass is 32.2. The number of carbonyl (C=O) groups excluding carboxylic acids is 1. The molecule has 2 rings (SSSR count). The molecule has 140 valence electrons. The maximum absolute atomic E-state index is 12.6. The van der Waals surface area contributed by atoms with Crippen molar-refractivity contribution in [1.29, 1.82) is 0 Å². The van der Waals surface area contributed by atoms with Gasteiger partial charge in [0.05, 0.1) is 12.0 Å². The minimum atomic E-state index is -3.81. The summed E-state index contributed by atoms with van der Waals surface area (Å²) in [5.41, 5.74) is 0.689. The minimum Gasteiger partial charge on any atom is -0.497 e. The summed E-state index contributed by atoms with van der Waals surface area (Å²) in [6, 6.07) is 12.5. The molecule has 0 spiro atoms. The number of hydrogen-bond donors (Lipinski definition) is 3. The van der Waals surface area contributed by atoms with Crippen molar-refractivity contribution in [2.75, 3.05) is 25.4 Å². The van der Waals surface area contributed by atoms with Gasteiger partial charge in [0, 0.05) is 23.8 Å². The van der Waals surface area contributed by atoms with Crippen LogP contribution >= 0.6 is 0 Å². The fourth-order valence-corrected chi connectivity index (χ4v) is 3.23. The first-order valence-corrected chi connectivity index (χ1v) is 9.56. The van der Waals surface area contributed by atoms with Crippen molar-refractivity contribution in [3.8, 4) is 5.75 Å². The van der Waals surface area contributed by atoms with Crippen molar-refractivity contribution in [1.82, 2.24) is 10.6 Å². The second-order valence-electron chi connectivity index (χ2n) is 5.76. The van der Waals surface area contributed by atoms with Crippen LogP contribution in [0.4, 0.5) is 5.69 Å². The fourth-order valence-electron chi connectivity index (χ4n) is 2.13. The van der Waals surface area contributed by atoms with Crippen molar-refractivity contribution in [2.45, 2.75) is 17.9 Å². The number of rotatable bonds is 8. The Labute approximate surface area is 153 Å². The molecule has 0 heterocycles. The van der Waals surface area contributed by atoms with Crippen LogP contribution in [-0.4, -0.2) is 41.1 Å². The lowest BCUT2D eigenvalue weighted by molar-refractivity contribution is 0.0950. The number of carbonyl (C=O) groups is 1. The molecule has 0 aromatic heterocycles. The molecule has 1 amide bonds. The molecule has 8 heteroatoms. The van der Waals surface area contributed by atoms with Crippen LogP contribution < -0.4 is 20.1 Å². The SMILES string of the molecule is CNC(C)CNC(=O)c1cccc(S(=O)(=O)Nc2ccc(OC)cc2)c1. The topological polar surface area (TPSA) is 96.5 Å². The van der Waals surface area contributed by atoms with Gasteiger partial charge >= 0.3 is 0 Å². The van der Waals surface area contributed by atoms with Crippen molar-refractivity contribution in [2.24, 2.45) is 0 Å². The summed E-state index contributed by atoms with van der Waals surface area (Å²) >= 11 is 0. The van der Waals surface area contributed by atoms with Gasteiger partial charge < -0.3 is 15.4 Å². The number of anilines is 1. The molecule has 0 bridgehead atoms. The van der Waals surface area contributed by atoms with Gasteiger partial charge in [-0.25, -0.2) is 8.42 Å². The van der Waals surface area contributed by atoms with E-state index in [9.17, 15) is 13.2 Å². The van der Waals surface area contributed by atoms with Crippen LogP contribution in [0.2, 0.25) is 0 Å². The second kappa shape index (κ2) is 8.68. The van der Waals surface area contributed by atoms with Gasteiger partial charge in [0.25, 0.3) is 15.9 Å². The van der Waals surface area contributed by atoms with Gasteiger partial charge in [-0.2, -0.15) is 0 Å². The third-order valence-electron chi connectivity index (χ3n) is 3.81. The van der Waals surface area contributed by atoms with E-state index < -0.39 is 10.0 Å². The van der Waals surface area contributed by atoms with Gasteiger partial charge in [0.15, 0.2) is 0 Å². The monoisotopic (exact) mass is 377 g/mol. The van der Waals surface area contributed by atoms with E-state index >= 15 is 0 Å². The molecule has 1 atom stereocenters. The van der Waals surface area contributed by atoms with Crippen molar-refractivity contribution in [3.05, 3.63) is 54.1 Å². The molecule has 0 fully saturated rings. The van der Waals surface area contributed by atoms with Gasteiger partial charge in [-0.1, -0.05) is 6.07 Å². The standard InChI is InChI=1S/C18H23N3O4S/c1-13(19-2)12-20-18(22)14-5-4-6-17(11-14)26(23,24)21-15-7-9-16(25-3)10-8-15/h4-11,13,19,21H,12H2,1-3H3,(H,20,22). The molecule has 7 nitrogen and oxygen atoms in total. The minimum absolute atomic E-state index is 0.0163. The molecule has 0 aliphatic carbocycles. The molecule has 26 heavy (non-hydrogen) atoms. The second-order valence-corrected chi connectivity index (χ2v) is 7.44. The van der Waals surface area contributed by atoms with E-state index in [0.29, 0.717) is 18.0 Å². The van der Waals surface area contributed by atoms with Crippen LogP contribution in [0.5, 0.6) is 5.75 Å². The van der Waals surface area contributed by atoms with E-state index in [2.05, 4.69) is 15.4 Å². The summed E-state index contributed by atoms with van der Waals surface area (Å²) in [7, 11) is -0.473. The van der Waals surface area contributed by atoms with Crippen molar-refractivity contribution in [3.63, 3.8) is 0 Å². The normalized spacial score (nSPS) is 12.3. The van der Waals surface area contributed by atoms with Crippen LogP contribution in [0, 0.1) is 0 Å². The predicted molar refractivity (Wildman–Crippen MR) is 101 cm³/mol.